The van der Waals surface area contributed by atoms with E-state index in [9.17, 15) is 9.18 Å². The number of nitrogens with zero attached hydrogens (tertiary/aromatic N) is 1. The standard InChI is InChI=1S/C16H14Cl2FNO/c1-10(12-5-3-4-6-15(12)19)20(2)16(21)11-7-8-13(17)14(18)9-11/h3-10H,1-2H3. The van der Waals surface area contributed by atoms with Gasteiger partial charge < -0.3 is 4.90 Å². The summed E-state index contributed by atoms with van der Waals surface area (Å²) >= 11 is 11.8. The molecule has 0 radical (unpaired) electrons. The highest BCUT2D eigenvalue weighted by atomic mass is 35.5. The van der Waals surface area contributed by atoms with E-state index in [0.717, 1.165) is 0 Å². The molecule has 2 nitrogen and oxygen atoms in total. The van der Waals surface area contributed by atoms with Crippen molar-refractivity contribution in [2.75, 3.05) is 7.05 Å². The number of hydrogen-bond acceptors (Lipinski definition) is 1. The number of benzene rings is 2. The minimum absolute atomic E-state index is 0.246. The first kappa shape index (κ1) is 15.8. The van der Waals surface area contributed by atoms with E-state index in [2.05, 4.69) is 0 Å². The van der Waals surface area contributed by atoms with E-state index < -0.39 is 6.04 Å². The molecular formula is C16H14Cl2FNO. The van der Waals surface area contributed by atoms with Gasteiger partial charge in [0.25, 0.3) is 5.91 Å². The van der Waals surface area contributed by atoms with Gasteiger partial charge in [-0.3, -0.25) is 4.79 Å². The molecule has 2 aromatic carbocycles. The third-order valence-corrected chi connectivity index (χ3v) is 4.16. The van der Waals surface area contributed by atoms with Gasteiger partial charge in [-0.2, -0.15) is 0 Å². The average molecular weight is 326 g/mol. The van der Waals surface area contributed by atoms with Crippen LogP contribution in [-0.2, 0) is 0 Å². The normalized spacial score (nSPS) is 12.0. The maximum Gasteiger partial charge on any atom is 0.254 e. The van der Waals surface area contributed by atoms with Gasteiger partial charge >= 0.3 is 0 Å². The predicted molar refractivity (Wildman–Crippen MR) is 83.4 cm³/mol. The van der Waals surface area contributed by atoms with E-state index >= 15 is 0 Å². The topological polar surface area (TPSA) is 20.3 Å². The van der Waals surface area contributed by atoms with Crippen molar-refractivity contribution >= 4 is 29.1 Å². The highest BCUT2D eigenvalue weighted by Gasteiger charge is 2.21. The fraction of sp³-hybridized carbons (Fsp3) is 0.188. The van der Waals surface area contributed by atoms with Crippen LogP contribution in [0.1, 0.15) is 28.9 Å². The minimum Gasteiger partial charge on any atom is -0.335 e. The molecule has 21 heavy (non-hydrogen) atoms. The van der Waals surface area contributed by atoms with Gasteiger partial charge in [0, 0.05) is 18.2 Å². The van der Waals surface area contributed by atoms with Crippen LogP contribution in [0, 0.1) is 5.82 Å². The molecule has 0 saturated carbocycles. The van der Waals surface area contributed by atoms with E-state index in [1.807, 2.05) is 0 Å². The zero-order valence-corrected chi connectivity index (χ0v) is 13.1. The molecule has 0 fully saturated rings. The summed E-state index contributed by atoms with van der Waals surface area (Å²) in [6, 6.07) is 10.7. The van der Waals surface area contributed by atoms with Crippen LogP contribution in [0.15, 0.2) is 42.5 Å². The third-order valence-electron chi connectivity index (χ3n) is 3.42. The number of carbonyl (C=O) groups is 1. The summed E-state index contributed by atoms with van der Waals surface area (Å²) in [5.74, 6) is -0.580. The Morgan fingerprint density at radius 3 is 2.43 bits per heavy atom. The van der Waals surface area contributed by atoms with Gasteiger partial charge in [-0.1, -0.05) is 41.4 Å². The fourth-order valence-electron chi connectivity index (χ4n) is 2.03. The molecule has 110 valence electrons. The number of amides is 1. The zero-order chi connectivity index (χ0) is 15.6. The predicted octanol–water partition coefficient (Wildman–Crippen LogP) is 4.97. The quantitative estimate of drug-likeness (QED) is 0.780. The van der Waals surface area contributed by atoms with Gasteiger partial charge in [0.15, 0.2) is 0 Å². The Kier molecular flexibility index (Phi) is 4.86. The van der Waals surface area contributed by atoms with E-state index in [0.29, 0.717) is 21.2 Å². The number of halogens is 3. The van der Waals surface area contributed by atoms with Crippen LogP contribution in [0.5, 0.6) is 0 Å². The molecule has 1 amide bonds. The van der Waals surface area contributed by atoms with Gasteiger partial charge in [-0.15, -0.1) is 0 Å². The van der Waals surface area contributed by atoms with Gasteiger partial charge in [-0.25, -0.2) is 4.39 Å². The Labute approximate surface area is 133 Å². The van der Waals surface area contributed by atoms with E-state index in [1.165, 1.54) is 17.0 Å². The minimum atomic E-state index is -0.395. The van der Waals surface area contributed by atoms with Gasteiger partial charge in [0.1, 0.15) is 5.82 Å². The van der Waals surface area contributed by atoms with Crippen LogP contribution in [0.2, 0.25) is 10.0 Å². The van der Waals surface area contributed by atoms with Gasteiger partial charge in [0.05, 0.1) is 16.1 Å². The Hall–Kier alpha value is -1.58. The Morgan fingerprint density at radius 1 is 1.14 bits per heavy atom. The molecule has 0 N–H and O–H groups in total. The van der Waals surface area contributed by atoms with Crippen LogP contribution in [0.25, 0.3) is 0 Å². The highest BCUT2D eigenvalue weighted by molar-refractivity contribution is 6.42. The van der Waals surface area contributed by atoms with Crippen molar-refractivity contribution in [2.45, 2.75) is 13.0 Å². The molecule has 2 aromatic rings. The second-order valence-corrected chi connectivity index (χ2v) is 5.56. The monoisotopic (exact) mass is 325 g/mol. The molecule has 5 heteroatoms. The van der Waals surface area contributed by atoms with Crippen LogP contribution in [0.4, 0.5) is 4.39 Å². The molecule has 0 aromatic heterocycles. The fourth-order valence-corrected chi connectivity index (χ4v) is 2.33. The van der Waals surface area contributed by atoms with Crippen molar-refractivity contribution in [2.24, 2.45) is 0 Å². The van der Waals surface area contributed by atoms with Crippen LogP contribution in [-0.4, -0.2) is 17.9 Å². The lowest BCUT2D eigenvalue weighted by molar-refractivity contribution is 0.0740. The molecule has 0 saturated heterocycles. The van der Waals surface area contributed by atoms with Crippen molar-refractivity contribution in [1.29, 1.82) is 0 Å². The molecule has 0 aliphatic rings. The number of carbonyl (C=O) groups excluding carboxylic acids is 1. The van der Waals surface area contributed by atoms with E-state index in [1.54, 1.807) is 44.3 Å². The molecule has 1 atom stereocenters. The maximum absolute atomic E-state index is 13.8. The SMILES string of the molecule is CC(c1ccccc1F)N(C)C(=O)c1ccc(Cl)c(Cl)c1. The van der Waals surface area contributed by atoms with Gasteiger partial charge in [0.2, 0.25) is 0 Å². The molecule has 0 spiro atoms. The summed E-state index contributed by atoms with van der Waals surface area (Å²) in [7, 11) is 1.63. The smallest absolute Gasteiger partial charge is 0.254 e. The van der Waals surface area contributed by atoms with E-state index in [4.69, 9.17) is 23.2 Å². The molecule has 0 heterocycles. The maximum atomic E-state index is 13.8. The molecule has 2 rings (SSSR count). The van der Waals surface area contributed by atoms with Crippen LogP contribution >= 0.6 is 23.2 Å². The second kappa shape index (κ2) is 6.46. The van der Waals surface area contributed by atoms with Crippen LogP contribution in [0.3, 0.4) is 0 Å². The largest absolute Gasteiger partial charge is 0.335 e. The molecule has 0 aliphatic heterocycles. The van der Waals surface area contributed by atoms with Gasteiger partial charge in [-0.05, 0) is 31.2 Å². The molecule has 0 aliphatic carbocycles. The summed E-state index contributed by atoms with van der Waals surface area (Å²) in [4.78, 5) is 13.9. The lowest BCUT2D eigenvalue weighted by Crippen LogP contribution is -2.30. The Morgan fingerprint density at radius 2 is 1.81 bits per heavy atom. The lowest BCUT2D eigenvalue weighted by atomic mass is 10.1. The third kappa shape index (κ3) is 3.36. The first-order valence-electron chi connectivity index (χ1n) is 6.38. The second-order valence-electron chi connectivity index (χ2n) is 4.74. The first-order chi connectivity index (χ1) is 9.91. The summed E-state index contributed by atoms with van der Waals surface area (Å²) in [6.07, 6.45) is 0. The summed E-state index contributed by atoms with van der Waals surface area (Å²) in [5, 5.41) is 0.701. The lowest BCUT2D eigenvalue weighted by Gasteiger charge is -2.26. The first-order valence-corrected chi connectivity index (χ1v) is 7.14. The van der Waals surface area contributed by atoms with Crippen molar-refractivity contribution < 1.29 is 9.18 Å². The van der Waals surface area contributed by atoms with Crippen molar-refractivity contribution in [3.05, 3.63) is 69.5 Å². The summed E-state index contributed by atoms with van der Waals surface area (Å²) in [5.41, 5.74) is 0.878. The van der Waals surface area contributed by atoms with Crippen LogP contribution < -0.4 is 0 Å². The molecule has 0 bridgehead atoms. The Bertz CT molecular complexity index is 675. The Balaban J connectivity index is 2.26. The zero-order valence-electron chi connectivity index (χ0n) is 11.6. The highest BCUT2D eigenvalue weighted by Crippen LogP contribution is 2.26. The van der Waals surface area contributed by atoms with E-state index in [-0.39, 0.29) is 11.7 Å². The van der Waals surface area contributed by atoms with Crippen molar-refractivity contribution in [3.8, 4) is 0 Å². The molecule has 1 unspecified atom stereocenters. The van der Waals surface area contributed by atoms with Crippen molar-refractivity contribution in [3.63, 3.8) is 0 Å². The number of hydrogen-bond donors (Lipinski definition) is 0. The summed E-state index contributed by atoms with van der Waals surface area (Å²) < 4.78 is 13.8. The summed E-state index contributed by atoms with van der Waals surface area (Å²) in [6.45, 7) is 1.77. The van der Waals surface area contributed by atoms with Crippen molar-refractivity contribution in [1.82, 2.24) is 4.90 Å². The molecular weight excluding hydrogens is 312 g/mol. The average Bonchev–Trinajstić information content (AvgIpc) is 2.48. The number of rotatable bonds is 3.